The van der Waals surface area contributed by atoms with Crippen molar-refractivity contribution in [2.75, 3.05) is 16.4 Å². The molecule has 2 N–H and O–H groups in total. The van der Waals surface area contributed by atoms with E-state index in [1.165, 1.54) is 28.8 Å². The van der Waals surface area contributed by atoms with E-state index in [1.54, 1.807) is 18.2 Å². The third-order valence-corrected chi connectivity index (χ3v) is 4.75. The van der Waals surface area contributed by atoms with E-state index < -0.39 is 11.7 Å². The van der Waals surface area contributed by atoms with Crippen LogP contribution in [0.2, 0.25) is 0 Å². The number of anilines is 2. The standard InChI is InChI=1S/C16H13F3N2OS/c17-16(18,19)11-4-6-13(7-5-11)21-14(22)9-23-15(21)10-2-1-3-12(20)8-10/h1-8,15H,9,20H2/t15-/m0/s1. The average Bonchev–Trinajstić information content (AvgIpc) is 2.88. The van der Waals surface area contributed by atoms with Gasteiger partial charge in [0.15, 0.2) is 0 Å². The molecule has 0 spiro atoms. The Balaban J connectivity index is 1.94. The number of amides is 1. The Morgan fingerprint density at radius 3 is 2.43 bits per heavy atom. The fraction of sp³-hybridized carbons (Fsp3) is 0.188. The Bertz CT molecular complexity index is 731. The molecule has 1 aliphatic rings. The summed E-state index contributed by atoms with van der Waals surface area (Å²) in [6.45, 7) is 0. The Labute approximate surface area is 135 Å². The van der Waals surface area contributed by atoms with E-state index in [0.717, 1.165) is 17.7 Å². The molecule has 1 fully saturated rings. The minimum absolute atomic E-state index is 0.137. The van der Waals surface area contributed by atoms with Gasteiger partial charge in [0.25, 0.3) is 0 Å². The van der Waals surface area contributed by atoms with E-state index >= 15 is 0 Å². The van der Waals surface area contributed by atoms with Crippen LogP contribution in [0.3, 0.4) is 0 Å². The molecule has 3 nitrogen and oxygen atoms in total. The summed E-state index contributed by atoms with van der Waals surface area (Å²) in [5.74, 6) is 0.141. The summed E-state index contributed by atoms with van der Waals surface area (Å²) >= 11 is 1.42. The van der Waals surface area contributed by atoms with Gasteiger partial charge in [0.05, 0.1) is 11.3 Å². The highest BCUT2D eigenvalue weighted by Crippen LogP contribution is 2.42. The van der Waals surface area contributed by atoms with E-state index in [1.807, 2.05) is 6.07 Å². The van der Waals surface area contributed by atoms with Gasteiger partial charge >= 0.3 is 6.18 Å². The second-order valence-electron chi connectivity index (χ2n) is 5.14. The number of nitrogens with zero attached hydrogens (tertiary/aromatic N) is 1. The normalized spacial score (nSPS) is 18.5. The van der Waals surface area contributed by atoms with Crippen molar-refractivity contribution in [2.45, 2.75) is 11.6 Å². The Kier molecular flexibility index (Phi) is 3.97. The van der Waals surface area contributed by atoms with Gasteiger partial charge in [0.1, 0.15) is 5.37 Å². The molecule has 2 aromatic carbocycles. The van der Waals surface area contributed by atoms with Gasteiger partial charge < -0.3 is 5.73 Å². The Morgan fingerprint density at radius 1 is 1.13 bits per heavy atom. The Morgan fingerprint density at radius 2 is 1.83 bits per heavy atom. The lowest BCUT2D eigenvalue weighted by atomic mass is 10.1. The summed E-state index contributed by atoms with van der Waals surface area (Å²) in [4.78, 5) is 13.7. The third kappa shape index (κ3) is 3.14. The maximum absolute atomic E-state index is 12.7. The quantitative estimate of drug-likeness (QED) is 0.840. The van der Waals surface area contributed by atoms with Gasteiger partial charge in [-0.05, 0) is 42.0 Å². The topological polar surface area (TPSA) is 46.3 Å². The molecule has 0 bridgehead atoms. The number of halogens is 3. The van der Waals surface area contributed by atoms with E-state index in [0.29, 0.717) is 11.4 Å². The SMILES string of the molecule is Nc1cccc([C@@H]2SCC(=O)N2c2ccc(C(F)(F)F)cc2)c1. The van der Waals surface area contributed by atoms with Gasteiger partial charge in [0, 0.05) is 11.4 Å². The number of carbonyl (C=O) groups excluding carboxylic acids is 1. The van der Waals surface area contributed by atoms with Crippen molar-refractivity contribution in [3.05, 3.63) is 59.7 Å². The first kappa shape index (κ1) is 15.7. The van der Waals surface area contributed by atoms with Crippen molar-refractivity contribution in [3.8, 4) is 0 Å². The molecule has 1 heterocycles. The summed E-state index contributed by atoms with van der Waals surface area (Å²) in [7, 11) is 0. The van der Waals surface area contributed by atoms with Gasteiger partial charge in [-0.3, -0.25) is 9.69 Å². The molecule has 0 aliphatic carbocycles. The highest BCUT2D eigenvalue weighted by atomic mass is 32.2. The monoisotopic (exact) mass is 338 g/mol. The number of nitrogens with two attached hydrogens (primary N) is 1. The minimum atomic E-state index is -4.39. The van der Waals surface area contributed by atoms with Crippen molar-refractivity contribution in [3.63, 3.8) is 0 Å². The lowest BCUT2D eigenvalue weighted by molar-refractivity contribution is -0.137. The third-order valence-electron chi connectivity index (χ3n) is 3.54. The van der Waals surface area contributed by atoms with Crippen LogP contribution in [0.15, 0.2) is 48.5 Å². The van der Waals surface area contributed by atoms with Gasteiger partial charge in [-0.1, -0.05) is 12.1 Å². The summed E-state index contributed by atoms with van der Waals surface area (Å²) in [5, 5.41) is -0.289. The molecule has 1 saturated heterocycles. The molecule has 120 valence electrons. The van der Waals surface area contributed by atoms with Crippen LogP contribution < -0.4 is 10.6 Å². The molecule has 0 aromatic heterocycles. The van der Waals surface area contributed by atoms with E-state index in [-0.39, 0.29) is 17.0 Å². The highest BCUT2D eigenvalue weighted by Gasteiger charge is 2.35. The number of thioether (sulfide) groups is 1. The first-order valence-corrected chi connectivity index (χ1v) is 7.87. The molecule has 0 saturated carbocycles. The minimum Gasteiger partial charge on any atom is -0.399 e. The molecule has 2 aromatic rings. The largest absolute Gasteiger partial charge is 0.416 e. The smallest absolute Gasteiger partial charge is 0.399 e. The Hall–Kier alpha value is -2.15. The molecule has 7 heteroatoms. The summed E-state index contributed by atoms with van der Waals surface area (Å²) in [6.07, 6.45) is -4.39. The summed E-state index contributed by atoms with van der Waals surface area (Å²) in [5.41, 5.74) is 6.91. The molecule has 1 amide bonds. The van der Waals surface area contributed by atoms with Crippen molar-refractivity contribution < 1.29 is 18.0 Å². The number of hydrogen-bond acceptors (Lipinski definition) is 3. The predicted octanol–water partition coefficient (Wildman–Crippen LogP) is 4.07. The van der Waals surface area contributed by atoms with Crippen LogP contribution in [0.4, 0.5) is 24.5 Å². The van der Waals surface area contributed by atoms with Crippen LogP contribution in [-0.2, 0) is 11.0 Å². The molecular weight excluding hydrogens is 325 g/mol. The van der Waals surface area contributed by atoms with Gasteiger partial charge in [-0.2, -0.15) is 13.2 Å². The van der Waals surface area contributed by atoms with Crippen LogP contribution in [0.1, 0.15) is 16.5 Å². The van der Waals surface area contributed by atoms with E-state index in [9.17, 15) is 18.0 Å². The average molecular weight is 338 g/mol. The predicted molar refractivity (Wildman–Crippen MR) is 85.0 cm³/mol. The maximum Gasteiger partial charge on any atom is 0.416 e. The van der Waals surface area contributed by atoms with E-state index in [4.69, 9.17) is 5.73 Å². The molecule has 1 atom stereocenters. The molecule has 0 radical (unpaired) electrons. The van der Waals surface area contributed by atoms with Crippen molar-refractivity contribution in [1.29, 1.82) is 0 Å². The fourth-order valence-corrected chi connectivity index (χ4v) is 3.64. The second kappa shape index (κ2) is 5.81. The van der Waals surface area contributed by atoms with Crippen LogP contribution in [0.25, 0.3) is 0 Å². The lowest BCUT2D eigenvalue weighted by Gasteiger charge is -2.25. The lowest BCUT2D eigenvalue weighted by Crippen LogP contribution is -2.27. The zero-order valence-corrected chi connectivity index (χ0v) is 12.7. The summed E-state index contributed by atoms with van der Waals surface area (Å²) < 4.78 is 38.0. The van der Waals surface area contributed by atoms with Crippen LogP contribution >= 0.6 is 11.8 Å². The first-order chi connectivity index (χ1) is 10.9. The zero-order valence-electron chi connectivity index (χ0n) is 11.9. The van der Waals surface area contributed by atoms with Crippen LogP contribution in [0.5, 0.6) is 0 Å². The van der Waals surface area contributed by atoms with Gasteiger partial charge in [0.2, 0.25) is 5.91 Å². The fourth-order valence-electron chi connectivity index (χ4n) is 2.47. The van der Waals surface area contributed by atoms with Crippen molar-refractivity contribution in [1.82, 2.24) is 0 Å². The number of nitrogen functional groups attached to an aromatic ring is 1. The van der Waals surface area contributed by atoms with E-state index in [2.05, 4.69) is 0 Å². The van der Waals surface area contributed by atoms with Gasteiger partial charge in [-0.25, -0.2) is 0 Å². The number of hydrogen-bond donors (Lipinski definition) is 1. The maximum atomic E-state index is 12.7. The molecule has 3 rings (SSSR count). The van der Waals surface area contributed by atoms with Crippen LogP contribution in [-0.4, -0.2) is 11.7 Å². The number of benzene rings is 2. The molecule has 23 heavy (non-hydrogen) atoms. The zero-order chi connectivity index (χ0) is 16.6. The first-order valence-electron chi connectivity index (χ1n) is 6.82. The molecular formula is C16H13F3N2OS. The summed E-state index contributed by atoms with van der Waals surface area (Å²) in [6, 6.07) is 11.8. The molecule has 0 unspecified atom stereocenters. The molecule has 1 aliphatic heterocycles. The highest BCUT2D eigenvalue weighted by molar-refractivity contribution is 8.00. The van der Waals surface area contributed by atoms with Crippen molar-refractivity contribution >= 4 is 29.0 Å². The van der Waals surface area contributed by atoms with Crippen molar-refractivity contribution in [2.24, 2.45) is 0 Å². The number of carbonyl (C=O) groups is 1. The number of alkyl halides is 3. The number of rotatable bonds is 2. The van der Waals surface area contributed by atoms with Crippen LogP contribution in [0, 0.1) is 0 Å². The second-order valence-corrected chi connectivity index (χ2v) is 6.21. The van der Waals surface area contributed by atoms with Gasteiger partial charge in [-0.15, -0.1) is 11.8 Å².